The van der Waals surface area contributed by atoms with Crippen LogP contribution in [0.25, 0.3) is 0 Å². The van der Waals surface area contributed by atoms with Gasteiger partial charge in [0, 0.05) is 6.54 Å². The van der Waals surface area contributed by atoms with Crippen molar-refractivity contribution in [3.05, 3.63) is 24.3 Å². The van der Waals surface area contributed by atoms with E-state index in [9.17, 15) is 21.9 Å². The third kappa shape index (κ3) is 3.85. The Bertz CT molecular complexity index is 731. The summed E-state index contributed by atoms with van der Waals surface area (Å²) in [5.74, 6) is 0.0674. The topological polar surface area (TPSA) is 113 Å². The number of benzene rings is 1. The molecule has 1 aromatic carbocycles. The van der Waals surface area contributed by atoms with E-state index >= 15 is 0 Å². The van der Waals surface area contributed by atoms with Crippen LogP contribution in [0.15, 0.2) is 34.1 Å². The lowest BCUT2D eigenvalue weighted by molar-refractivity contribution is 0.178. The SMILES string of the molecule is CNS(=O)(=O)c1ccccc1S(=O)(=O)NCC1CCC(O)C1. The molecule has 1 saturated carbocycles. The molecule has 0 amide bonds. The monoisotopic (exact) mass is 348 g/mol. The zero-order valence-corrected chi connectivity index (χ0v) is 13.8. The lowest BCUT2D eigenvalue weighted by Crippen LogP contribution is -2.31. The Kier molecular flexibility index (Phi) is 5.23. The van der Waals surface area contributed by atoms with Crippen molar-refractivity contribution in [3.8, 4) is 0 Å². The summed E-state index contributed by atoms with van der Waals surface area (Å²) in [5, 5.41) is 9.46. The number of nitrogens with one attached hydrogen (secondary N) is 2. The minimum Gasteiger partial charge on any atom is -0.393 e. The molecule has 0 bridgehead atoms. The molecule has 0 heterocycles. The average Bonchev–Trinajstić information content (AvgIpc) is 2.91. The van der Waals surface area contributed by atoms with E-state index in [1.54, 1.807) is 0 Å². The Labute approximate surface area is 130 Å². The van der Waals surface area contributed by atoms with Crippen LogP contribution in [0.5, 0.6) is 0 Å². The Balaban J connectivity index is 2.23. The lowest BCUT2D eigenvalue weighted by Gasteiger charge is -2.14. The third-order valence-electron chi connectivity index (χ3n) is 3.77. The predicted octanol–water partition coefficient (Wildman–Crippen LogP) is 0.0340. The minimum absolute atomic E-state index is 0.0674. The Morgan fingerprint density at radius 2 is 1.68 bits per heavy atom. The van der Waals surface area contributed by atoms with Crippen LogP contribution < -0.4 is 9.44 Å². The standard InChI is InChI=1S/C13H20N2O5S2/c1-14-21(17,18)12-4-2-3-5-13(12)22(19,20)15-9-10-6-7-11(16)8-10/h2-5,10-11,14-16H,6-9H2,1H3. The van der Waals surface area contributed by atoms with E-state index in [-0.39, 0.29) is 28.4 Å². The van der Waals surface area contributed by atoms with Crippen molar-refractivity contribution in [2.75, 3.05) is 13.6 Å². The van der Waals surface area contributed by atoms with Crippen LogP contribution in [-0.2, 0) is 20.0 Å². The van der Waals surface area contributed by atoms with Crippen molar-refractivity contribution in [2.45, 2.75) is 35.2 Å². The third-order valence-corrected chi connectivity index (χ3v) is 6.86. The fourth-order valence-electron chi connectivity index (χ4n) is 2.54. The van der Waals surface area contributed by atoms with Crippen LogP contribution in [0.3, 0.4) is 0 Å². The molecule has 2 unspecified atom stereocenters. The molecule has 1 aliphatic carbocycles. The Morgan fingerprint density at radius 3 is 2.18 bits per heavy atom. The second-order valence-electron chi connectivity index (χ2n) is 5.34. The maximum Gasteiger partial charge on any atom is 0.241 e. The summed E-state index contributed by atoms with van der Waals surface area (Å²) in [7, 11) is -6.58. The molecule has 0 aliphatic heterocycles. The van der Waals surface area contributed by atoms with E-state index in [0.29, 0.717) is 12.8 Å². The van der Waals surface area contributed by atoms with Gasteiger partial charge >= 0.3 is 0 Å². The smallest absolute Gasteiger partial charge is 0.241 e. The zero-order chi connectivity index (χ0) is 16.4. The van der Waals surface area contributed by atoms with Gasteiger partial charge < -0.3 is 5.11 Å². The van der Waals surface area contributed by atoms with Gasteiger partial charge in [0.15, 0.2) is 0 Å². The summed E-state index contributed by atoms with van der Waals surface area (Å²) in [4.78, 5) is -0.556. The molecule has 2 rings (SSSR count). The number of hydrogen-bond donors (Lipinski definition) is 3. The number of rotatable bonds is 6. The number of sulfonamides is 2. The maximum absolute atomic E-state index is 12.4. The van der Waals surface area contributed by atoms with Gasteiger partial charge in [0.05, 0.1) is 6.10 Å². The van der Waals surface area contributed by atoms with Crippen molar-refractivity contribution in [1.29, 1.82) is 0 Å². The van der Waals surface area contributed by atoms with Gasteiger partial charge in [-0.3, -0.25) is 0 Å². The fourth-order valence-corrected chi connectivity index (χ4v) is 5.21. The number of aliphatic hydroxyl groups is 1. The first-order chi connectivity index (χ1) is 10.3. The van der Waals surface area contributed by atoms with Crippen molar-refractivity contribution < 1.29 is 21.9 Å². The maximum atomic E-state index is 12.4. The molecule has 0 spiro atoms. The highest BCUT2D eigenvalue weighted by Crippen LogP contribution is 2.26. The molecule has 3 N–H and O–H groups in total. The molecule has 7 nitrogen and oxygen atoms in total. The van der Waals surface area contributed by atoms with Crippen LogP contribution in [0.4, 0.5) is 0 Å². The van der Waals surface area contributed by atoms with Gasteiger partial charge in [-0.25, -0.2) is 26.3 Å². The number of hydrogen-bond acceptors (Lipinski definition) is 5. The van der Waals surface area contributed by atoms with E-state index in [4.69, 9.17) is 0 Å². The molecule has 9 heteroatoms. The van der Waals surface area contributed by atoms with Gasteiger partial charge in [-0.1, -0.05) is 12.1 Å². The summed E-state index contributed by atoms with van der Waals surface area (Å²) >= 11 is 0. The van der Waals surface area contributed by atoms with E-state index in [2.05, 4.69) is 9.44 Å². The van der Waals surface area contributed by atoms with Gasteiger partial charge in [-0.15, -0.1) is 0 Å². The first kappa shape index (κ1) is 17.4. The second-order valence-corrected chi connectivity index (χ2v) is 8.93. The van der Waals surface area contributed by atoms with Gasteiger partial charge in [0.2, 0.25) is 20.0 Å². The highest BCUT2D eigenvalue weighted by atomic mass is 32.2. The zero-order valence-electron chi connectivity index (χ0n) is 12.2. The van der Waals surface area contributed by atoms with E-state index < -0.39 is 20.0 Å². The molecule has 2 atom stereocenters. The second kappa shape index (κ2) is 6.63. The summed E-state index contributed by atoms with van der Waals surface area (Å²) in [5.41, 5.74) is 0. The molecular weight excluding hydrogens is 328 g/mol. The van der Waals surface area contributed by atoms with Gasteiger partial charge in [-0.2, -0.15) is 0 Å². The molecule has 1 aliphatic rings. The van der Waals surface area contributed by atoms with E-state index in [1.807, 2.05) is 0 Å². The Morgan fingerprint density at radius 1 is 1.09 bits per heavy atom. The van der Waals surface area contributed by atoms with Crippen LogP contribution in [-0.4, -0.2) is 41.6 Å². The van der Waals surface area contributed by atoms with Crippen molar-refractivity contribution in [1.82, 2.24) is 9.44 Å². The first-order valence-corrected chi connectivity index (χ1v) is 9.93. The Hall–Kier alpha value is -1.00. The van der Waals surface area contributed by atoms with Gasteiger partial charge in [0.1, 0.15) is 9.79 Å². The largest absolute Gasteiger partial charge is 0.393 e. The molecule has 1 fully saturated rings. The fraction of sp³-hybridized carbons (Fsp3) is 0.538. The first-order valence-electron chi connectivity index (χ1n) is 6.96. The van der Waals surface area contributed by atoms with E-state index in [0.717, 1.165) is 6.42 Å². The van der Waals surface area contributed by atoms with Gasteiger partial charge in [-0.05, 0) is 44.4 Å². The normalized spacial score (nSPS) is 22.8. The van der Waals surface area contributed by atoms with E-state index in [1.165, 1.54) is 31.3 Å². The number of aliphatic hydroxyl groups excluding tert-OH is 1. The van der Waals surface area contributed by atoms with Gasteiger partial charge in [0.25, 0.3) is 0 Å². The van der Waals surface area contributed by atoms with Crippen LogP contribution in [0.2, 0.25) is 0 Å². The molecule has 22 heavy (non-hydrogen) atoms. The quantitative estimate of drug-likeness (QED) is 0.671. The lowest BCUT2D eigenvalue weighted by atomic mass is 10.1. The molecule has 0 aromatic heterocycles. The summed E-state index contributed by atoms with van der Waals surface area (Å²) in [6.07, 6.45) is 1.59. The van der Waals surface area contributed by atoms with Crippen molar-refractivity contribution >= 4 is 20.0 Å². The summed E-state index contributed by atoms with van der Waals surface area (Å²) in [6.45, 7) is 0.188. The highest BCUT2D eigenvalue weighted by Gasteiger charge is 2.28. The van der Waals surface area contributed by atoms with Crippen LogP contribution in [0.1, 0.15) is 19.3 Å². The van der Waals surface area contributed by atoms with Crippen molar-refractivity contribution in [3.63, 3.8) is 0 Å². The summed E-state index contributed by atoms with van der Waals surface area (Å²) < 4.78 is 53.2. The van der Waals surface area contributed by atoms with Crippen LogP contribution in [0, 0.1) is 5.92 Å². The molecule has 1 aromatic rings. The molecular formula is C13H20N2O5S2. The average molecular weight is 348 g/mol. The highest BCUT2D eigenvalue weighted by molar-refractivity contribution is 7.92. The predicted molar refractivity (Wildman–Crippen MR) is 81.2 cm³/mol. The molecule has 0 radical (unpaired) electrons. The molecule has 124 valence electrons. The van der Waals surface area contributed by atoms with Crippen molar-refractivity contribution in [2.24, 2.45) is 5.92 Å². The summed E-state index contributed by atoms with van der Waals surface area (Å²) in [6, 6.07) is 5.45. The minimum atomic E-state index is -3.94. The molecule has 0 saturated heterocycles. The van der Waals surface area contributed by atoms with Crippen LogP contribution >= 0.6 is 0 Å².